The van der Waals surface area contributed by atoms with E-state index in [-0.39, 0.29) is 11.2 Å². The Morgan fingerprint density at radius 2 is 1.92 bits per heavy atom. The predicted molar refractivity (Wildman–Crippen MR) is 53.2 cm³/mol. The lowest BCUT2D eigenvalue weighted by Crippen LogP contribution is -2.05. The van der Waals surface area contributed by atoms with Crippen LogP contribution in [0.3, 0.4) is 0 Å². The third-order valence-electron chi connectivity index (χ3n) is 1.58. The number of carbonyl (C=O) groups excluding carboxylic acids is 1. The van der Waals surface area contributed by atoms with E-state index >= 15 is 0 Å². The average Bonchev–Trinajstić information content (AvgIpc) is 1.96. The molecule has 0 aliphatic carbocycles. The Morgan fingerprint density at radius 3 is 2.31 bits per heavy atom. The summed E-state index contributed by atoms with van der Waals surface area (Å²) in [6.45, 7) is 7.61. The van der Waals surface area contributed by atoms with Crippen molar-refractivity contribution in [3.05, 3.63) is 11.9 Å². The Morgan fingerprint density at radius 1 is 1.38 bits per heavy atom. The van der Waals surface area contributed by atoms with Gasteiger partial charge in [0.05, 0.1) is 0 Å². The quantitative estimate of drug-likeness (QED) is 0.612. The maximum absolute atomic E-state index is 13.1. The van der Waals surface area contributed by atoms with Gasteiger partial charge < -0.3 is 0 Å². The van der Waals surface area contributed by atoms with Gasteiger partial charge in [-0.1, -0.05) is 34.1 Å². The molecule has 1 nitrogen and oxygen atoms in total. The Hall–Kier alpha value is -0.660. The highest BCUT2D eigenvalue weighted by molar-refractivity contribution is 5.93. The van der Waals surface area contributed by atoms with Gasteiger partial charge in [-0.25, -0.2) is 4.39 Å². The fourth-order valence-corrected chi connectivity index (χ4v) is 0.917. The van der Waals surface area contributed by atoms with Crippen molar-refractivity contribution in [2.45, 2.75) is 47.0 Å². The smallest absolute Gasteiger partial charge is 0.190 e. The normalized spacial score (nSPS) is 13.2. The Bertz CT molecular complexity index is 199. The van der Waals surface area contributed by atoms with Crippen LogP contribution in [0.1, 0.15) is 47.0 Å². The van der Waals surface area contributed by atoms with Crippen molar-refractivity contribution in [2.75, 3.05) is 0 Å². The van der Waals surface area contributed by atoms with Gasteiger partial charge in [0.15, 0.2) is 11.6 Å². The molecule has 0 rings (SSSR count). The summed E-state index contributed by atoms with van der Waals surface area (Å²) in [7, 11) is 0. The monoisotopic (exact) mass is 186 g/mol. The molecule has 0 fully saturated rings. The number of Topliss-reactive ketones (excluding diaryl/α,β-unsaturated/α-hetero) is 1. The lowest BCUT2D eigenvalue weighted by Gasteiger charge is -2.11. The number of allylic oxidation sites excluding steroid dienone is 2. The Balaban J connectivity index is 4.17. The van der Waals surface area contributed by atoms with E-state index < -0.39 is 5.83 Å². The third-order valence-corrected chi connectivity index (χ3v) is 1.58. The number of hydrogen-bond donors (Lipinski definition) is 0. The second-order valence-corrected chi connectivity index (χ2v) is 4.39. The third kappa shape index (κ3) is 6.50. The first kappa shape index (κ1) is 12.3. The highest BCUT2D eigenvalue weighted by atomic mass is 19.1. The van der Waals surface area contributed by atoms with Crippen LogP contribution in [-0.2, 0) is 4.79 Å². The van der Waals surface area contributed by atoms with Crippen molar-refractivity contribution in [3.8, 4) is 0 Å². The Labute approximate surface area is 80.0 Å². The van der Waals surface area contributed by atoms with E-state index in [4.69, 9.17) is 0 Å². The zero-order valence-electron chi connectivity index (χ0n) is 8.98. The standard InChI is InChI=1S/C11H19FO/c1-5-6-7-10(13)9(12)8-11(2,3)4/h8H,5-7H2,1-4H3/b9-8-. The molecule has 0 saturated carbocycles. The van der Waals surface area contributed by atoms with Gasteiger partial charge in [-0.2, -0.15) is 0 Å². The van der Waals surface area contributed by atoms with Crippen LogP contribution < -0.4 is 0 Å². The van der Waals surface area contributed by atoms with Crippen LogP contribution in [0, 0.1) is 5.41 Å². The van der Waals surface area contributed by atoms with Crippen molar-refractivity contribution in [3.63, 3.8) is 0 Å². The molecule has 0 bridgehead atoms. The van der Waals surface area contributed by atoms with E-state index in [2.05, 4.69) is 0 Å². The summed E-state index contributed by atoms with van der Waals surface area (Å²) in [4.78, 5) is 11.1. The van der Waals surface area contributed by atoms with E-state index in [1.165, 1.54) is 6.08 Å². The van der Waals surface area contributed by atoms with E-state index in [1.807, 2.05) is 27.7 Å². The molecule has 0 radical (unpaired) electrons. The van der Waals surface area contributed by atoms with Crippen LogP contribution in [0.25, 0.3) is 0 Å². The molecule has 0 aromatic rings. The topological polar surface area (TPSA) is 17.1 Å². The Kier molecular flexibility index (Phi) is 4.89. The molecule has 2 heteroatoms. The van der Waals surface area contributed by atoms with Crippen molar-refractivity contribution >= 4 is 5.78 Å². The predicted octanol–water partition coefficient (Wildman–Crippen LogP) is 3.65. The maximum atomic E-state index is 13.1. The number of hydrogen-bond acceptors (Lipinski definition) is 1. The molecule has 0 N–H and O–H groups in total. The molecular formula is C11H19FO. The first-order chi connectivity index (χ1) is 5.87. The number of unbranched alkanes of at least 4 members (excludes halogenated alkanes) is 1. The number of rotatable bonds is 4. The molecule has 0 aliphatic rings. The van der Waals surface area contributed by atoms with Crippen LogP contribution in [0.5, 0.6) is 0 Å². The molecule has 0 heterocycles. The summed E-state index contributed by atoms with van der Waals surface area (Å²) >= 11 is 0. The molecule has 0 atom stereocenters. The minimum atomic E-state index is -0.582. The lowest BCUT2D eigenvalue weighted by atomic mass is 9.95. The molecule has 0 aliphatic heterocycles. The summed E-state index contributed by atoms with van der Waals surface area (Å²) in [5, 5.41) is 0. The zero-order chi connectivity index (χ0) is 10.5. The highest BCUT2D eigenvalue weighted by Gasteiger charge is 2.13. The van der Waals surface area contributed by atoms with Crippen molar-refractivity contribution in [1.82, 2.24) is 0 Å². The number of carbonyl (C=O) groups is 1. The summed E-state index contributed by atoms with van der Waals surface area (Å²) in [6, 6.07) is 0. The largest absolute Gasteiger partial charge is 0.292 e. The first-order valence-corrected chi connectivity index (χ1v) is 4.78. The molecule has 0 aromatic heterocycles. The van der Waals surface area contributed by atoms with Gasteiger partial charge >= 0.3 is 0 Å². The molecular weight excluding hydrogens is 167 g/mol. The van der Waals surface area contributed by atoms with Crippen molar-refractivity contribution < 1.29 is 9.18 Å². The van der Waals surface area contributed by atoms with Gasteiger partial charge in [-0.3, -0.25) is 4.79 Å². The van der Waals surface area contributed by atoms with Crippen molar-refractivity contribution in [1.29, 1.82) is 0 Å². The van der Waals surface area contributed by atoms with Gasteiger partial charge in [0.25, 0.3) is 0 Å². The summed E-state index contributed by atoms with van der Waals surface area (Å²) in [6.07, 6.45) is 3.42. The van der Waals surface area contributed by atoms with Gasteiger partial charge in [-0.05, 0) is 17.9 Å². The van der Waals surface area contributed by atoms with Crippen LogP contribution in [0.4, 0.5) is 4.39 Å². The molecule has 13 heavy (non-hydrogen) atoms. The fourth-order valence-electron chi connectivity index (χ4n) is 0.917. The zero-order valence-corrected chi connectivity index (χ0v) is 8.98. The van der Waals surface area contributed by atoms with E-state index in [0.29, 0.717) is 6.42 Å². The SMILES string of the molecule is CCCCC(=O)/C(F)=C/C(C)(C)C. The molecule has 0 aromatic carbocycles. The van der Waals surface area contributed by atoms with Crippen LogP contribution in [-0.4, -0.2) is 5.78 Å². The molecule has 0 amide bonds. The van der Waals surface area contributed by atoms with Crippen LogP contribution in [0.15, 0.2) is 11.9 Å². The molecule has 0 spiro atoms. The highest BCUT2D eigenvalue weighted by Crippen LogP contribution is 2.19. The van der Waals surface area contributed by atoms with Gasteiger partial charge in [0.2, 0.25) is 0 Å². The van der Waals surface area contributed by atoms with Gasteiger partial charge in [-0.15, -0.1) is 0 Å². The summed E-state index contributed by atoms with van der Waals surface area (Å²) in [5.41, 5.74) is -0.258. The second kappa shape index (κ2) is 5.15. The fraction of sp³-hybridized carbons (Fsp3) is 0.727. The van der Waals surface area contributed by atoms with Crippen LogP contribution >= 0.6 is 0 Å². The number of halogens is 1. The minimum Gasteiger partial charge on any atom is -0.292 e. The van der Waals surface area contributed by atoms with Gasteiger partial charge in [0, 0.05) is 6.42 Å². The van der Waals surface area contributed by atoms with Crippen molar-refractivity contribution in [2.24, 2.45) is 5.41 Å². The summed E-state index contributed by atoms with van der Waals surface area (Å²) in [5.74, 6) is -0.947. The first-order valence-electron chi connectivity index (χ1n) is 4.78. The molecule has 76 valence electrons. The van der Waals surface area contributed by atoms with E-state index in [0.717, 1.165) is 12.8 Å². The molecule has 0 unspecified atom stereocenters. The molecule has 0 saturated heterocycles. The maximum Gasteiger partial charge on any atom is 0.190 e. The van der Waals surface area contributed by atoms with E-state index in [1.54, 1.807) is 0 Å². The second-order valence-electron chi connectivity index (χ2n) is 4.39. The average molecular weight is 186 g/mol. The summed E-state index contributed by atoms with van der Waals surface area (Å²) < 4.78 is 13.1. The minimum absolute atomic E-state index is 0.258. The van der Waals surface area contributed by atoms with Gasteiger partial charge in [0.1, 0.15) is 0 Å². The van der Waals surface area contributed by atoms with E-state index in [9.17, 15) is 9.18 Å². The lowest BCUT2D eigenvalue weighted by molar-refractivity contribution is -0.117. The van der Waals surface area contributed by atoms with Crippen LogP contribution in [0.2, 0.25) is 0 Å². The number of ketones is 1.